The third-order valence-corrected chi connectivity index (χ3v) is 5.22. The average Bonchev–Trinajstić information content (AvgIpc) is 3.07. The molecule has 0 radical (unpaired) electrons. The molecule has 144 valence electrons. The Kier molecular flexibility index (Phi) is 5.48. The van der Waals surface area contributed by atoms with E-state index in [1.807, 2.05) is 16.8 Å². The van der Waals surface area contributed by atoms with Crippen LogP contribution < -0.4 is 5.56 Å². The molecule has 1 N–H and O–H groups in total. The monoisotopic (exact) mass is 389 g/mol. The molecule has 0 bridgehead atoms. The van der Waals surface area contributed by atoms with Gasteiger partial charge in [0.15, 0.2) is 6.23 Å². The highest BCUT2D eigenvalue weighted by molar-refractivity contribution is 6.31. The third kappa shape index (κ3) is 3.61. The number of ether oxygens (including phenoxy) is 2. The van der Waals surface area contributed by atoms with Gasteiger partial charge in [0, 0.05) is 30.0 Å². The topological polar surface area (TPSA) is 69.1 Å². The smallest absolute Gasteiger partial charge is 0.259 e. The molecule has 2 aromatic heterocycles. The van der Waals surface area contributed by atoms with Crippen LogP contribution in [0.1, 0.15) is 44.5 Å². The van der Waals surface area contributed by atoms with Crippen LogP contribution in [0, 0.1) is 0 Å². The molecule has 4 rings (SSSR count). The molecule has 1 aliphatic rings. The number of aromatic nitrogens is 3. The van der Waals surface area contributed by atoms with Gasteiger partial charge in [-0.05, 0) is 43.9 Å². The van der Waals surface area contributed by atoms with Crippen molar-refractivity contribution in [3.05, 3.63) is 39.3 Å². The molecule has 0 saturated carbocycles. The van der Waals surface area contributed by atoms with E-state index >= 15 is 0 Å². The zero-order chi connectivity index (χ0) is 18.8. The zero-order valence-electron chi connectivity index (χ0n) is 15.5. The first-order valence-corrected chi connectivity index (χ1v) is 9.99. The van der Waals surface area contributed by atoms with Crippen LogP contribution >= 0.6 is 11.6 Å². The average molecular weight is 390 g/mol. The highest BCUT2D eigenvalue weighted by Crippen LogP contribution is 2.30. The predicted molar refractivity (Wildman–Crippen MR) is 107 cm³/mol. The molecule has 1 unspecified atom stereocenters. The molecule has 3 aromatic rings. The molecule has 6 nitrogen and oxygen atoms in total. The zero-order valence-corrected chi connectivity index (χ0v) is 16.2. The number of hydrogen-bond acceptors (Lipinski definition) is 4. The number of aromatic amines is 1. The summed E-state index contributed by atoms with van der Waals surface area (Å²) in [6.07, 6.45) is 4.50. The van der Waals surface area contributed by atoms with E-state index in [1.54, 1.807) is 6.07 Å². The largest absolute Gasteiger partial charge is 0.381 e. The first kappa shape index (κ1) is 18.5. The second kappa shape index (κ2) is 8.00. The van der Waals surface area contributed by atoms with Crippen LogP contribution in [0.15, 0.2) is 23.0 Å². The van der Waals surface area contributed by atoms with Crippen LogP contribution in [0.5, 0.6) is 0 Å². The van der Waals surface area contributed by atoms with Gasteiger partial charge in [-0.2, -0.15) is 5.10 Å². The van der Waals surface area contributed by atoms with E-state index in [0.717, 1.165) is 48.9 Å². The van der Waals surface area contributed by atoms with Crippen molar-refractivity contribution in [3.63, 3.8) is 0 Å². The fourth-order valence-electron chi connectivity index (χ4n) is 3.71. The quantitative estimate of drug-likeness (QED) is 0.641. The number of nitrogens with one attached hydrogen (secondary N) is 1. The molecular formula is C20H24ClN3O3. The maximum absolute atomic E-state index is 12.9. The van der Waals surface area contributed by atoms with Gasteiger partial charge in [-0.15, -0.1) is 0 Å². The van der Waals surface area contributed by atoms with Crippen LogP contribution in [-0.2, 0) is 15.9 Å². The van der Waals surface area contributed by atoms with Gasteiger partial charge in [0.1, 0.15) is 5.52 Å². The molecule has 0 aliphatic carbocycles. The van der Waals surface area contributed by atoms with Gasteiger partial charge in [-0.25, -0.2) is 4.68 Å². The molecule has 7 heteroatoms. The van der Waals surface area contributed by atoms with Gasteiger partial charge in [-0.1, -0.05) is 18.5 Å². The minimum atomic E-state index is -0.138. The van der Waals surface area contributed by atoms with Crippen molar-refractivity contribution in [1.29, 1.82) is 0 Å². The number of rotatable bonds is 6. The number of hydrogen-bond donors (Lipinski definition) is 1. The van der Waals surface area contributed by atoms with Crippen molar-refractivity contribution in [3.8, 4) is 0 Å². The molecule has 27 heavy (non-hydrogen) atoms. The van der Waals surface area contributed by atoms with Crippen LogP contribution in [0.25, 0.3) is 21.8 Å². The molecular weight excluding hydrogens is 366 g/mol. The Bertz CT molecular complexity index is 1010. The molecule has 1 atom stereocenters. The summed E-state index contributed by atoms with van der Waals surface area (Å²) in [6.45, 7) is 4.06. The first-order valence-electron chi connectivity index (χ1n) is 9.61. The fraction of sp³-hybridized carbons (Fsp3) is 0.500. The Labute approximate surface area is 162 Å². The van der Waals surface area contributed by atoms with Gasteiger partial charge in [-0.3, -0.25) is 4.79 Å². The molecule has 0 spiro atoms. The fourth-order valence-corrected chi connectivity index (χ4v) is 3.88. The van der Waals surface area contributed by atoms with Crippen molar-refractivity contribution < 1.29 is 9.47 Å². The van der Waals surface area contributed by atoms with Crippen LogP contribution in [-0.4, -0.2) is 34.6 Å². The predicted octanol–water partition coefficient (Wildman–Crippen LogP) is 4.20. The number of fused-ring (bicyclic) bond motifs is 3. The number of halogens is 1. The van der Waals surface area contributed by atoms with E-state index in [1.165, 1.54) is 0 Å². The summed E-state index contributed by atoms with van der Waals surface area (Å²) in [5, 5.41) is 6.90. The number of H-pyrrole nitrogens is 1. The van der Waals surface area contributed by atoms with Crippen molar-refractivity contribution in [2.24, 2.45) is 0 Å². The number of nitrogens with zero attached hydrogens (tertiary/aromatic N) is 2. The molecule has 1 aliphatic heterocycles. The Hall–Kier alpha value is -1.89. The summed E-state index contributed by atoms with van der Waals surface area (Å²) in [7, 11) is 0. The summed E-state index contributed by atoms with van der Waals surface area (Å²) in [5.41, 5.74) is 2.15. The lowest BCUT2D eigenvalue weighted by atomic mass is 10.1. The second-order valence-corrected chi connectivity index (χ2v) is 7.38. The maximum atomic E-state index is 12.9. The van der Waals surface area contributed by atoms with Crippen molar-refractivity contribution in [2.45, 2.75) is 45.3 Å². The molecule has 1 saturated heterocycles. The standard InChI is InChI=1S/C20H24ClN3O3/c1-2-9-26-11-8-16-18-19(23-24(16)17-5-3-4-10-27-17)14-12-13(21)6-7-15(14)22-20(18)25/h6-7,12,17H,2-5,8-11H2,1H3,(H,22,25). The first-order chi connectivity index (χ1) is 13.2. The highest BCUT2D eigenvalue weighted by atomic mass is 35.5. The van der Waals surface area contributed by atoms with Gasteiger partial charge in [0.2, 0.25) is 0 Å². The second-order valence-electron chi connectivity index (χ2n) is 6.94. The van der Waals surface area contributed by atoms with E-state index in [4.69, 9.17) is 26.2 Å². The molecule has 1 aromatic carbocycles. The summed E-state index contributed by atoms with van der Waals surface area (Å²) >= 11 is 6.20. The highest BCUT2D eigenvalue weighted by Gasteiger charge is 2.24. The van der Waals surface area contributed by atoms with Crippen molar-refractivity contribution in [2.75, 3.05) is 19.8 Å². The van der Waals surface area contributed by atoms with Gasteiger partial charge >= 0.3 is 0 Å². The van der Waals surface area contributed by atoms with E-state index in [0.29, 0.717) is 35.6 Å². The third-order valence-electron chi connectivity index (χ3n) is 4.98. The Morgan fingerprint density at radius 1 is 1.37 bits per heavy atom. The van der Waals surface area contributed by atoms with Crippen LogP contribution in [0.3, 0.4) is 0 Å². The normalized spacial score (nSPS) is 17.8. The number of pyridine rings is 1. The minimum absolute atomic E-state index is 0.132. The maximum Gasteiger partial charge on any atom is 0.259 e. The van der Waals surface area contributed by atoms with Gasteiger partial charge < -0.3 is 14.5 Å². The van der Waals surface area contributed by atoms with E-state index < -0.39 is 0 Å². The summed E-state index contributed by atoms with van der Waals surface area (Å²) in [5.74, 6) is 0. The molecule has 3 heterocycles. The lowest BCUT2D eigenvalue weighted by Crippen LogP contribution is -2.22. The number of benzene rings is 1. The van der Waals surface area contributed by atoms with E-state index in [2.05, 4.69) is 11.9 Å². The molecule has 0 amide bonds. The lowest BCUT2D eigenvalue weighted by Gasteiger charge is -2.24. The summed E-state index contributed by atoms with van der Waals surface area (Å²) in [6, 6.07) is 5.44. The minimum Gasteiger partial charge on any atom is -0.381 e. The molecule has 1 fully saturated rings. The Morgan fingerprint density at radius 2 is 2.26 bits per heavy atom. The summed E-state index contributed by atoms with van der Waals surface area (Å²) < 4.78 is 13.5. The van der Waals surface area contributed by atoms with Crippen molar-refractivity contribution in [1.82, 2.24) is 14.8 Å². The van der Waals surface area contributed by atoms with E-state index in [9.17, 15) is 4.79 Å². The Balaban J connectivity index is 1.87. The lowest BCUT2D eigenvalue weighted by molar-refractivity contribution is -0.0410. The summed E-state index contributed by atoms with van der Waals surface area (Å²) in [4.78, 5) is 15.8. The van der Waals surface area contributed by atoms with Crippen molar-refractivity contribution >= 4 is 33.4 Å². The van der Waals surface area contributed by atoms with E-state index in [-0.39, 0.29) is 11.8 Å². The van der Waals surface area contributed by atoms with Gasteiger partial charge in [0.25, 0.3) is 5.56 Å². The Morgan fingerprint density at radius 3 is 3.04 bits per heavy atom. The van der Waals surface area contributed by atoms with Gasteiger partial charge in [0.05, 0.1) is 23.2 Å². The van der Waals surface area contributed by atoms with Crippen LogP contribution in [0.4, 0.5) is 0 Å². The van der Waals surface area contributed by atoms with Crippen LogP contribution in [0.2, 0.25) is 5.02 Å². The SMILES string of the molecule is CCCOCCc1c2c(=O)[nH]c3ccc(Cl)cc3c2nn1C1CCCCO1.